The molecule has 0 aliphatic heterocycles. The van der Waals surface area contributed by atoms with Crippen molar-refractivity contribution in [1.82, 2.24) is 0 Å². The van der Waals surface area contributed by atoms with Gasteiger partial charge in [0, 0.05) is 6.42 Å². The Labute approximate surface area is 333 Å². The van der Waals surface area contributed by atoms with Gasteiger partial charge in [-0.3, -0.25) is 4.99 Å². The summed E-state index contributed by atoms with van der Waals surface area (Å²) in [6.45, 7) is 4.40. The number of nitrogens with zero attached hydrogens (tertiary/aromatic N) is 1. The van der Waals surface area contributed by atoms with Gasteiger partial charge in [-0.15, -0.1) is 0 Å². The van der Waals surface area contributed by atoms with Gasteiger partial charge < -0.3 is 19.7 Å². The lowest BCUT2D eigenvalue weighted by Crippen LogP contribution is -2.05. The van der Waals surface area contributed by atoms with E-state index in [0.717, 1.165) is 29.9 Å². The van der Waals surface area contributed by atoms with Crippen molar-refractivity contribution in [3.05, 3.63) is 57.5 Å². The molecule has 3 N–H and O–H groups in total. The lowest BCUT2D eigenvalue weighted by Gasteiger charge is -2.13. The highest BCUT2D eigenvalue weighted by atomic mass is 16.3. The molecule has 310 valence electrons. The Morgan fingerprint density at radius 2 is 0.815 bits per heavy atom. The van der Waals surface area contributed by atoms with Crippen LogP contribution in [-0.4, -0.2) is 21.5 Å². The van der Waals surface area contributed by atoms with Crippen molar-refractivity contribution < 1.29 is 19.7 Å². The van der Waals surface area contributed by atoms with Crippen LogP contribution in [0.1, 0.15) is 246 Å². The van der Waals surface area contributed by atoms with E-state index in [2.05, 4.69) is 24.9 Å². The second kappa shape index (κ2) is 34.3. The number of hydrogen-bond acceptors (Lipinski definition) is 5. The van der Waals surface area contributed by atoms with Gasteiger partial charge in [-0.05, 0) is 53.1 Å². The van der Waals surface area contributed by atoms with Crippen molar-refractivity contribution in [1.29, 1.82) is 0 Å². The first-order chi connectivity index (χ1) is 26.7. The molecule has 0 aliphatic carbocycles. The Hall–Kier alpha value is -1.95. The van der Waals surface area contributed by atoms with Crippen LogP contribution in [0.3, 0.4) is 0 Å². The molecule has 0 saturated carbocycles. The highest BCUT2D eigenvalue weighted by molar-refractivity contribution is 5.76. The first-order valence-electron chi connectivity index (χ1n) is 23.2. The molecule has 0 amide bonds. The van der Waals surface area contributed by atoms with Gasteiger partial charge in [0.05, 0.1) is 32.6 Å². The van der Waals surface area contributed by atoms with E-state index in [-0.39, 0.29) is 19.8 Å². The van der Waals surface area contributed by atoms with Gasteiger partial charge in [0.25, 0.3) is 0 Å². The fraction of sp³-hybridized carbons (Fsp3) is 0.776. The van der Waals surface area contributed by atoms with Gasteiger partial charge >= 0.3 is 0 Å². The fourth-order valence-corrected chi connectivity index (χ4v) is 8.03. The van der Waals surface area contributed by atoms with E-state index in [4.69, 9.17) is 4.42 Å². The molecule has 0 saturated heterocycles. The maximum atomic E-state index is 10.0. The third kappa shape index (κ3) is 22.6. The average molecular weight is 752 g/mol. The Morgan fingerprint density at radius 3 is 1.22 bits per heavy atom. The van der Waals surface area contributed by atoms with Crippen molar-refractivity contribution in [3.63, 3.8) is 0 Å². The van der Waals surface area contributed by atoms with Crippen LogP contribution in [0.5, 0.6) is 0 Å². The molecule has 1 aromatic carbocycles. The monoisotopic (exact) mass is 752 g/mol. The predicted molar refractivity (Wildman–Crippen MR) is 231 cm³/mol. The van der Waals surface area contributed by atoms with Crippen molar-refractivity contribution in [2.24, 2.45) is 4.99 Å². The number of aliphatic hydroxyl groups excluding tert-OH is 3. The Bertz CT molecular complexity index is 1120. The van der Waals surface area contributed by atoms with E-state index in [1.807, 2.05) is 18.3 Å². The number of hydrogen-bond donors (Lipinski definition) is 3. The highest BCUT2D eigenvalue weighted by Gasteiger charge is 2.13. The maximum Gasteiger partial charge on any atom is 0.145 e. The van der Waals surface area contributed by atoms with Crippen molar-refractivity contribution in [2.75, 3.05) is 0 Å². The minimum Gasteiger partial charge on any atom is -0.460 e. The standard InChI is InChI=1S/C49H85NO4/c1-3-5-7-9-11-13-15-17-19-21-23-25-27-29-31-33-43-37-46(39-50-38-44-35-36-45(40-51)48(42-53)47(44)41-52)54-49(43)34-32-30-28-26-24-22-20-18-16-14-12-10-8-6-4-2/h35-37,39,51-53H,3-34,38,40-42H2,1-2H3. The second-order valence-electron chi connectivity index (χ2n) is 16.3. The van der Waals surface area contributed by atoms with Gasteiger partial charge in [0.2, 0.25) is 0 Å². The Morgan fingerprint density at radius 1 is 0.444 bits per heavy atom. The van der Waals surface area contributed by atoms with Crippen molar-refractivity contribution in [3.8, 4) is 0 Å². The SMILES string of the molecule is CCCCCCCCCCCCCCCCCc1cc(C=NCc2ccc(CO)c(CO)c2CO)oc1CCCCCCCCCCCCCCCCC. The van der Waals surface area contributed by atoms with E-state index >= 15 is 0 Å². The minimum absolute atomic E-state index is 0.164. The fourth-order valence-electron chi connectivity index (χ4n) is 8.03. The summed E-state index contributed by atoms with van der Waals surface area (Å²) in [4.78, 5) is 4.68. The number of benzene rings is 1. The van der Waals surface area contributed by atoms with E-state index in [9.17, 15) is 15.3 Å². The summed E-state index contributed by atoms with van der Waals surface area (Å²) >= 11 is 0. The number of furan rings is 1. The summed E-state index contributed by atoms with van der Waals surface area (Å²) in [5.41, 5.74) is 4.11. The lowest BCUT2D eigenvalue weighted by atomic mass is 9.97. The number of aliphatic hydroxyl groups is 3. The molecule has 0 atom stereocenters. The van der Waals surface area contributed by atoms with Crippen LogP contribution in [-0.2, 0) is 39.2 Å². The van der Waals surface area contributed by atoms with Gasteiger partial charge in [-0.25, -0.2) is 0 Å². The Balaban J connectivity index is 1.75. The smallest absolute Gasteiger partial charge is 0.145 e. The average Bonchev–Trinajstić information content (AvgIpc) is 3.58. The van der Waals surface area contributed by atoms with Gasteiger partial charge in [0.15, 0.2) is 0 Å². The van der Waals surface area contributed by atoms with Crippen molar-refractivity contribution in [2.45, 2.75) is 246 Å². The molecule has 0 radical (unpaired) electrons. The van der Waals surface area contributed by atoms with Gasteiger partial charge in [-0.2, -0.15) is 0 Å². The quantitative estimate of drug-likeness (QED) is 0.0471. The molecular formula is C49H85NO4. The zero-order valence-electron chi connectivity index (χ0n) is 35.5. The number of rotatable bonds is 38. The summed E-state index contributed by atoms with van der Waals surface area (Å²) in [7, 11) is 0. The van der Waals surface area contributed by atoms with Crippen LogP contribution in [0.25, 0.3) is 0 Å². The van der Waals surface area contributed by atoms with Crippen LogP contribution in [0.2, 0.25) is 0 Å². The molecule has 5 nitrogen and oxygen atoms in total. The zero-order chi connectivity index (χ0) is 38.7. The predicted octanol–water partition coefficient (Wildman–Crippen LogP) is 14.2. The summed E-state index contributed by atoms with van der Waals surface area (Å²) in [6.07, 6.45) is 45.2. The summed E-state index contributed by atoms with van der Waals surface area (Å²) in [5, 5.41) is 29.5. The third-order valence-electron chi connectivity index (χ3n) is 11.6. The van der Waals surface area contributed by atoms with Crippen LogP contribution < -0.4 is 0 Å². The first kappa shape index (κ1) is 48.2. The topological polar surface area (TPSA) is 86.2 Å². The summed E-state index contributed by atoms with van der Waals surface area (Å²) < 4.78 is 6.41. The normalized spacial score (nSPS) is 11.8. The van der Waals surface area contributed by atoms with Crippen LogP contribution in [0, 0.1) is 0 Å². The van der Waals surface area contributed by atoms with E-state index in [0.29, 0.717) is 23.2 Å². The second-order valence-corrected chi connectivity index (χ2v) is 16.3. The molecule has 2 aromatic rings. The molecule has 0 fully saturated rings. The number of unbranched alkanes of at least 4 members (excludes halogenated alkanes) is 28. The third-order valence-corrected chi connectivity index (χ3v) is 11.6. The largest absolute Gasteiger partial charge is 0.460 e. The van der Waals surface area contributed by atoms with Crippen molar-refractivity contribution >= 4 is 6.21 Å². The van der Waals surface area contributed by atoms with E-state index in [1.54, 1.807) is 0 Å². The molecule has 0 bridgehead atoms. The zero-order valence-corrected chi connectivity index (χ0v) is 35.5. The number of aliphatic imine (C=N–C) groups is 1. The molecular weight excluding hydrogens is 667 g/mol. The summed E-state index contributed by atoms with van der Waals surface area (Å²) in [6, 6.07) is 5.90. The van der Waals surface area contributed by atoms with E-state index in [1.165, 1.54) is 198 Å². The van der Waals surface area contributed by atoms with Gasteiger partial charge in [-0.1, -0.05) is 206 Å². The molecule has 1 aromatic heterocycles. The summed E-state index contributed by atoms with van der Waals surface area (Å²) in [5.74, 6) is 1.95. The molecule has 1 heterocycles. The first-order valence-corrected chi connectivity index (χ1v) is 23.2. The lowest BCUT2D eigenvalue weighted by molar-refractivity contribution is 0.247. The molecule has 0 spiro atoms. The van der Waals surface area contributed by atoms with E-state index < -0.39 is 0 Å². The molecule has 0 unspecified atom stereocenters. The maximum absolute atomic E-state index is 10.0. The molecule has 54 heavy (non-hydrogen) atoms. The van der Waals surface area contributed by atoms with Crippen LogP contribution in [0.4, 0.5) is 0 Å². The molecule has 0 aliphatic rings. The van der Waals surface area contributed by atoms with Gasteiger partial charge in [0.1, 0.15) is 11.5 Å². The Kier molecular flexibility index (Phi) is 30.6. The number of aryl methyl sites for hydroxylation is 2. The van der Waals surface area contributed by atoms with Crippen LogP contribution in [0.15, 0.2) is 27.6 Å². The highest BCUT2D eigenvalue weighted by Crippen LogP contribution is 2.24. The minimum atomic E-state index is -0.215. The molecule has 5 heteroatoms. The molecule has 2 rings (SSSR count). The van der Waals surface area contributed by atoms with Crippen LogP contribution >= 0.6 is 0 Å².